The van der Waals surface area contributed by atoms with Crippen LogP contribution in [-0.2, 0) is 0 Å². The second-order valence-electron chi connectivity index (χ2n) is 8.09. The molecule has 2 heterocycles. The number of H-pyrrole nitrogens is 1. The van der Waals surface area contributed by atoms with E-state index in [4.69, 9.17) is 0 Å². The van der Waals surface area contributed by atoms with Crippen molar-refractivity contribution in [3.05, 3.63) is 29.5 Å². The molecule has 1 saturated carbocycles. The molecule has 1 atom stereocenters. The lowest BCUT2D eigenvalue weighted by Gasteiger charge is -2.20. The minimum absolute atomic E-state index is 0.105. The summed E-state index contributed by atoms with van der Waals surface area (Å²) in [7, 11) is 4.15. The van der Waals surface area contributed by atoms with Crippen LogP contribution < -0.4 is 0 Å². The van der Waals surface area contributed by atoms with Crippen molar-refractivity contribution in [3.63, 3.8) is 0 Å². The molecule has 1 aromatic carbocycles. The molecule has 27 heavy (non-hydrogen) atoms. The van der Waals surface area contributed by atoms with Gasteiger partial charge in [0.25, 0.3) is 5.91 Å². The van der Waals surface area contributed by atoms with Gasteiger partial charge in [0.2, 0.25) is 0 Å². The molecule has 1 amide bonds. The summed E-state index contributed by atoms with van der Waals surface area (Å²) in [6.07, 6.45) is 7.32. The van der Waals surface area contributed by atoms with Crippen LogP contribution in [0.5, 0.6) is 0 Å². The minimum Gasteiger partial charge on any atom is -0.337 e. The van der Waals surface area contributed by atoms with E-state index in [0.29, 0.717) is 12.0 Å². The lowest BCUT2D eigenvalue weighted by atomic mass is 9.90. The van der Waals surface area contributed by atoms with Crippen molar-refractivity contribution >= 4 is 16.8 Å². The Kier molecular flexibility index (Phi) is 5.18. The molecule has 142 valence electrons. The van der Waals surface area contributed by atoms with Crippen molar-refractivity contribution in [2.24, 2.45) is 5.92 Å². The van der Waals surface area contributed by atoms with E-state index in [1.54, 1.807) is 0 Å². The topological polar surface area (TPSA) is 52.2 Å². The number of carbonyl (C=O) groups excluding carboxylic acids is 1. The molecule has 2 aromatic rings. The van der Waals surface area contributed by atoms with E-state index in [1.165, 1.54) is 32.1 Å². The molecule has 2 fully saturated rings. The van der Waals surface area contributed by atoms with Gasteiger partial charge in [-0.05, 0) is 57.5 Å². The average molecular weight is 364 g/mol. The zero-order valence-electron chi connectivity index (χ0n) is 16.3. The first-order chi connectivity index (χ1) is 13.1. The van der Waals surface area contributed by atoms with E-state index in [1.807, 2.05) is 23.1 Å². The largest absolute Gasteiger partial charge is 0.337 e. The van der Waals surface area contributed by atoms with Gasteiger partial charge in [-0.15, -0.1) is 0 Å². The van der Waals surface area contributed by atoms with Gasteiger partial charge in [0.1, 0.15) is 5.69 Å². The Morgan fingerprint density at radius 1 is 1.22 bits per heavy atom. The summed E-state index contributed by atoms with van der Waals surface area (Å²) in [6.45, 7) is 1.61. The van der Waals surface area contributed by atoms with E-state index >= 15 is 0 Å². The van der Waals surface area contributed by atoms with Crippen molar-refractivity contribution < 1.29 is 4.79 Å². The second kappa shape index (κ2) is 7.74. The Labute approximate surface area is 161 Å². The smallest absolute Gasteiger partial charge is 0.253 e. The van der Waals surface area contributed by atoms with Crippen LogP contribution in [0, 0.1) is 17.8 Å². The Morgan fingerprint density at radius 2 is 2.04 bits per heavy atom. The van der Waals surface area contributed by atoms with Gasteiger partial charge in [-0.1, -0.05) is 25.2 Å². The fourth-order valence-corrected chi connectivity index (χ4v) is 4.19. The predicted molar refractivity (Wildman–Crippen MR) is 108 cm³/mol. The highest BCUT2D eigenvalue weighted by atomic mass is 16.2. The van der Waals surface area contributed by atoms with Crippen molar-refractivity contribution in [1.29, 1.82) is 0 Å². The first-order valence-corrected chi connectivity index (χ1v) is 10.1. The van der Waals surface area contributed by atoms with E-state index in [9.17, 15) is 4.79 Å². The van der Waals surface area contributed by atoms with E-state index in [-0.39, 0.29) is 5.91 Å². The normalized spacial score (nSPS) is 20.9. The van der Waals surface area contributed by atoms with Gasteiger partial charge in [-0.3, -0.25) is 9.89 Å². The average Bonchev–Trinajstić information content (AvgIpc) is 3.34. The molecule has 1 aliphatic carbocycles. The number of likely N-dealkylation sites (tertiary alicyclic amines) is 1. The van der Waals surface area contributed by atoms with Gasteiger partial charge >= 0.3 is 0 Å². The number of carbonyl (C=O) groups is 1. The highest BCUT2D eigenvalue weighted by molar-refractivity contribution is 5.99. The quantitative estimate of drug-likeness (QED) is 0.832. The van der Waals surface area contributed by atoms with E-state index < -0.39 is 0 Å². The summed E-state index contributed by atoms with van der Waals surface area (Å²) in [5.74, 6) is 7.27. The van der Waals surface area contributed by atoms with Gasteiger partial charge < -0.3 is 9.80 Å². The Hall–Kier alpha value is -2.32. The fraction of sp³-hybridized carbons (Fsp3) is 0.545. The van der Waals surface area contributed by atoms with Gasteiger partial charge in [0.05, 0.1) is 5.52 Å². The lowest BCUT2D eigenvalue weighted by molar-refractivity contribution is 0.0783. The Morgan fingerprint density at radius 3 is 2.78 bits per heavy atom. The van der Waals surface area contributed by atoms with Crippen LogP contribution in [-0.4, -0.2) is 59.1 Å². The maximum Gasteiger partial charge on any atom is 0.253 e. The first-order valence-electron chi connectivity index (χ1n) is 10.1. The maximum atomic E-state index is 12.9. The predicted octanol–water partition coefficient (Wildman–Crippen LogP) is 3.27. The highest BCUT2D eigenvalue weighted by Gasteiger charge is 2.28. The molecule has 1 N–H and O–H groups in total. The number of likely N-dealkylation sites (N-methyl/N-ethyl adjacent to an activating group) is 1. The zero-order valence-corrected chi connectivity index (χ0v) is 16.3. The van der Waals surface area contributed by atoms with Crippen LogP contribution in [0.1, 0.15) is 54.6 Å². The zero-order chi connectivity index (χ0) is 18.8. The maximum absolute atomic E-state index is 12.9. The summed E-state index contributed by atoms with van der Waals surface area (Å²) >= 11 is 0. The Bertz CT molecular complexity index is 883. The Balaban J connectivity index is 1.55. The number of hydrogen-bond acceptors (Lipinski definition) is 3. The third-order valence-electron chi connectivity index (χ3n) is 5.99. The lowest BCUT2D eigenvalue weighted by Crippen LogP contribution is -2.34. The summed E-state index contributed by atoms with van der Waals surface area (Å²) in [5.41, 5.74) is 2.42. The second-order valence-corrected chi connectivity index (χ2v) is 8.09. The number of nitrogens with one attached hydrogen (secondary N) is 1. The van der Waals surface area contributed by atoms with Crippen molar-refractivity contribution in [2.75, 3.05) is 27.2 Å². The van der Waals surface area contributed by atoms with Crippen LogP contribution in [0.3, 0.4) is 0 Å². The van der Waals surface area contributed by atoms with Crippen LogP contribution in [0.2, 0.25) is 0 Å². The number of fused-ring (bicyclic) bond motifs is 1. The number of hydrogen-bond donors (Lipinski definition) is 1. The summed E-state index contributed by atoms with van der Waals surface area (Å²) in [5, 5.41) is 8.38. The van der Waals surface area contributed by atoms with E-state index in [0.717, 1.165) is 41.7 Å². The van der Waals surface area contributed by atoms with Crippen LogP contribution >= 0.6 is 0 Å². The van der Waals surface area contributed by atoms with Crippen LogP contribution in [0.25, 0.3) is 10.9 Å². The molecule has 0 bridgehead atoms. The molecule has 2 aliphatic rings. The number of amides is 1. The van der Waals surface area contributed by atoms with Crippen molar-refractivity contribution in [3.8, 4) is 11.8 Å². The molecule has 5 heteroatoms. The third kappa shape index (κ3) is 3.86. The molecule has 5 nitrogen and oxygen atoms in total. The molecule has 0 radical (unpaired) electrons. The molecule has 0 unspecified atom stereocenters. The minimum atomic E-state index is 0.105. The molecule has 4 rings (SSSR count). The molecule has 1 saturated heterocycles. The number of nitrogens with zero attached hydrogens (tertiary/aromatic N) is 3. The molecular weight excluding hydrogens is 336 g/mol. The van der Waals surface area contributed by atoms with Gasteiger partial charge in [0, 0.05) is 36.0 Å². The molecular formula is C22H28N4O. The molecule has 0 spiro atoms. The summed E-state index contributed by atoms with van der Waals surface area (Å²) < 4.78 is 0. The molecule has 1 aliphatic heterocycles. The standard InChI is InChI=1S/C22H28N4O/c1-25(2)18-12-13-26(15-18)22(27)17-9-11-21-19(14-17)20(23-24-21)10-8-16-6-4-3-5-7-16/h9,11,14,16,18H,3-7,12-13,15H2,1-2H3,(H,23,24)/t18-/m1/s1. The SMILES string of the molecule is CN(C)[C@@H]1CCN(C(=O)c2ccc3[nH]nc(C#CC4CCCCC4)c3c2)C1. The fourth-order valence-electron chi connectivity index (χ4n) is 4.19. The number of benzene rings is 1. The monoisotopic (exact) mass is 364 g/mol. The number of aromatic nitrogens is 2. The number of aromatic amines is 1. The van der Waals surface area contributed by atoms with Crippen LogP contribution in [0.15, 0.2) is 18.2 Å². The van der Waals surface area contributed by atoms with Crippen molar-refractivity contribution in [2.45, 2.75) is 44.6 Å². The van der Waals surface area contributed by atoms with Gasteiger partial charge in [-0.25, -0.2) is 0 Å². The van der Waals surface area contributed by atoms with Crippen LogP contribution in [0.4, 0.5) is 0 Å². The van der Waals surface area contributed by atoms with Gasteiger partial charge in [-0.2, -0.15) is 5.10 Å². The summed E-state index contributed by atoms with van der Waals surface area (Å²) in [6, 6.07) is 6.24. The van der Waals surface area contributed by atoms with Gasteiger partial charge in [0.15, 0.2) is 0 Å². The third-order valence-corrected chi connectivity index (χ3v) is 5.99. The number of rotatable bonds is 2. The first kappa shape index (κ1) is 18.1. The highest BCUT2D eigenvalue weighted by Crippen LogP contribution is 2.24. The van der Waals surface area contributed by atoms with E-state index in [2.05, 4.69) is 41.0 Å². The molecule has 1 aromatic heterocycles. The summed E-state index contributed by atoms with van der Waals surface area (Å²) in [4.78, 5) is 17.1. The van der Waals surface area contributed by atoms with Crippen molar-refractivity contribution in [1.82, 2.24) is 20.0 Å².